The molecular formula is C25H20ClFN4O4S. The Labute approximate surface area is 216 Å². The van der Waals surface area contributed by atoms with Crippen molar-refractivity contribution in [3.05, 3.63) is 89.2 Å². The van der Waals surface area contributed by atoms with Gasteiger partial charge in [0, 0.05) is 10.6 Å². The molecule has 0 aromatic heterocycles. The van der Waals surface area contributed by atoms with Gasteiger partial charge >= 0.3 is 0 Å². The molecule has 0 spiro atoms. The summed E-state index contributed by atoms with van der Waals surface area (Å²) >= 11 is 11.4. The molecule has 36 heavy (non-hydrogen) atoms. The van der Waals surface area contributed by atoms with Gasteiger partial charge in [-0.2, -0.15) is 0 Å². The standard InChI is InChI=1S/C25H20ClFN4O4S/c1-35-21-5-3-2-4-19(21)28-22(32)14-20-24(34)30(18-12-10-17(27)11-13-18)25(36)31(20)29-23(33)15-6-8-16(26)9-7-15/h2-13,20H,14H2,1H3,(H,28,32)(H,29,33)/t20-/m1/s1. The summed E-state index contributed by atoms with van der Waals surface area (Å²) in [7, 11) is 1.47. The number of hydrazine groups is 1. The van der Waals surface area contributed by atoms with E-state index in [-0.39, 0.29) is 17.1 Å². The minimum atomic E-state index is -1.16. The Morgan fingerprint density at radius 2 is 1.72 bits per heavy atom. The average molecular weight is 527 g/mol. The van der Waals surface area contributed by atoms with Crippen LogP contribution in [0.4, 0.5) is 15.8 Å². The van der Waals surface area contributed by atoms with E-state index >= 15 is 0 Å². The average Bonchev–Trinajstić information content (AvgIpc) is 3.09. The van der Waals surface area contributed by atoms with E-state index in [9.17, 15) is 18.8 Å². The SMILES string of the molecule is COc1ccccc1NC(=O)C[C@@H]1C(=O)N(c2ccc(F)cc2)C(=S)N1NC(=O)c1ccc(Cl)cc1. The van der Waals surface area contributed by atoms with Crippen LogP contribution >= 0.6 is 23.8 Å². The topological polar surface area (TPSA) is 91.0 Å². The van der Waals surface area contributed by atoms with E-state index in [4.69, 9.17) is 28.6 Å². The van der Waals surface area contributed by atoms with Gasteiger partial charge in [0.25, 0.3) is 11.8 Å². The predicted molar refractivity (Wildman–Crippen MR) is 137 cm³/mol. The Bertz CT molecular complexity index is 1320. The lowest BCUT2D eigenvalue weighted by atomic mass is 10.1. The number of hydrogen-bond donors (Lipinski definition) is 2. The maximum atomic E-state index is 13.5. The fourth-order valence-electron chi connectivity index (χ4n) is 3.63. The number of thiocarbonyl (C=S) groups is 1. The van der Waals surface area contributed by atoms with Gasteiger partial charge in [-0.3, -0.25) is 24.7 Å². The summed E-state index contributed by atoms with van der Waals surface area (Å²) in [6.07, 6.45) is -0.338. The number of ether oxygens (including phenoxy) is 1. The van der Waals surface area contributed by atoms with Crippen molar-refractivity contribution < 1.29 is 23.5 Å². The van der Waals surface area contributed by atoms with Crippen molar-refractivity contribution in [2.75, 3.05) is 17.3 Å². The molecule has 1 atom stereocenters. The fourth-order valence-corrected chi connectivity index (χ4v) is 4.12. The Hall–Kier alpha value is -4.02. The zero-order chi connectivity index (χ0) is 25.8. The van der Waals surface area contributed by atoms with Crippen LogP contribution < -0.4 is 20.4 Å². The number of carbonyl (C=O) groups excluding carboxylic acids is 3. The maximum absolute atomic E-state index is 13.5. The summed E-state index contributed by atoms with van der Waals surface area (Å²) in [6.45, 7) is 0. The summed E-state index contributed by atoms with van der Waals surface area (Å²) in [6, 6.07) is 16.9. The van der Waals surface area contributed by atoms with Crippen LogP contribution in [-0.4, -0.2) is 41.0 Å². The summed E-state index contributed by atoms with van der Waals surface area (Å²) in [5, 5.41) is 4.27. The normalized spacial score (nSPS) is 15.1. The first kappa shape index (κ1) is 25.1. The fraction of sp³-hybridized carbons (Fsp3) is 0.120. The highest BCUT2D eigenvalue weighted by atomic mass is 35.5. The van der Waals surface area contributed by atoms with Crippen LogP contribution in [0.3, 0.4) is 0 Å². The van der Waals surface area contributed by atoms with Gasteiger partial charge in [0.05, 0.1) is 24.9 Å². The third-order valence-electron chi connectivity index (χ3n) is 5.39. The number of benzene rings is 3. The minimum absolute atomic E-state index is 0.0657. The maximum Gasteiger partial charge on any atom is 0.269 e. The van der Waals surface area contributed by atoms with Crippen molar-refractivity contribution in [2.24, 2.45) is 0 Å². The summed E-state index contributed by atoms with van der Waals surface area (Å²) in [4.78, 5) is 40.4. The lowest BCUT2D eigenvalue weighted by molar-refractivity contribution is -0.124. The van der Waals surface area contributed by atoms with Gasteiger partial charge in [0.1, 0.15) is 17.6 Å². The largest absolute Gasteiger partial charge is 0.495 e. The van der Waals surface area contributed by atoms with Crippen LogP contribution in [-0.2, 0) is 9.59 Å². The third-order valence-corrected chi connectivity index (χ3v) is 6.02. The number of amides is 3. The van der Waals surface area contributed by atoms with Crippen molar-refractivity contribution in [2.45, 2.75) is 12.5 Å². The lowest BCUT2D eigenvalue weighted by Crippen LogP contribution is -2.49. The molecule has 1 aliphatic heterocycles. The van der Waals surface area contributed by atoms with E-state index in [0.717, 1.165) is 4.90 Å². The summed E-state index contributed by atoms with van der Waals surface area (Å²) in [5.74, 6) is -1.67. The van der Waals surface area contributed by atoms with Crippen molar-refractivity contribution in [1.82, 2.24) is 10.4 Å². The Morgan fingerprint density at radius 3 is 2.39 bits per heavy atom. The van der Waals surface area contributed by atoms with Crippen molar-refractivity contribution in [1.29, 1.82) is 0 Å². The zero-order valence-electron chi connectivity index (χ0n) is 18.9. The molecule has 1 fully saturated rings. The number of rotatable bonds is 7. The van der Waals surface area contributed by atoms with Crippen LogP contribution in [0.2, 0.25) is 5.02 Å². The molecule has 1 saturated heterocycles. The highest BCUT2D eigenvalue weighted by molar-refractivity contribution is 7.80. The van der Waals surface area contributed by atoms with E-state index in [1.54, 1.807) is 36.4 Å². The zero-order valence-corrected chi connectivity index (χ0v) is 20.5. The molecule has 1 heterocycles. The molecule has 8 nitrogen and oxygen atoms in total. The number of methoxy groups -OCH3 is 1. The lowest BCUT2D eigenvalue weighted by Gasteiger charge is -2.24. The van der Waals surface area contributed by atoms with E-state index in [1.165, 1.54) is 48.5 Å². The monoisotopic (exact) mass is 526 g/mol. The van der Waals surface area contributed by atoms with Crippen molar-refractivity contribution in [3.63, 3.8) is 0 Å². The highest BCUT2D eigenvalue weighted by Gasteiger charge is 2.45. The molecule has 1 aliphatic rings. The first-order chi connectivity index (χ1) is 17.3. The van der Waals surface area contributed by atoms with Gasteiger partial charge < -0.3 is 10.1 Å². The molecular weight excluding hydrogens is 507 g/mol. The second kappa shape index (κ2) is 10.7. The van der Waals surface area contributed by atoms with Gasteiger partial charge in [-0.05, 0) is 72.9 Å². The van der Waals surface area contributed by atoms with Gasteiger partial charge in [0.2, 0.25) is 11.0 Å². The number of nitrogens with one attached hydrogen (secondary N) is 2. The molecule has 0 aliphatic carbocycles. The molecule has 0 unspecified atom stereocenters. The molecule has 3 aromatic carbocycles. The molecule has 0 radical (unpaired) electrons. The molecule has 3 amide bonds. The molecule has 184 valence electrons. The molecule has 0 bridgehead atoms. The number of nitrogens with zero attached hydrogens (tertiary/aromatic N) is 2. The van der Waals surface area contributed by atoms with E-state index in [1.807, 2.05) is 0 Å². The number of halogens is 2. The summed E-state index contributed by atoms with van der Waals surface area (Å²) in [5.41, 5.74) is 3.60. The number of hydrogen-bond acceptors (Lipinski definition) is 5. The quantitative estimate of drug-likeness (QED) is 0.449. The van der Waals surface area contributed by atoms with Gasteiger partial charge in [-0.1, -0.05) is 23.7 Å². The second-order valence-electron chi connectivity index (χ2n) is 7.72. The van der Waals surface area contributed by atoms with Crippen molar-refractivity contribution in [3.8, 4) is 5.75 Å². The van der Waals surface area contributed by atoms with Gasteiger partial charge in [-0.15, -0.1) is 0 Å². The molecule has 11 heteroatoms. The smallest absolute Gasteiger partial charge is 0.269 e. The van der Waals surface area contributed by atoms with E-state index in [2.05, 4.69) is 10.7 Å². The van der Waals surface area contributed by atoms with Crippen LogP contribution in [0, 0.1) is 5.82 Å². The van der Waals surface area contributed by atoms with Crippen LogP contribution in [0.1, 0.15) is 16.8 Å². The predicted octanol–water partition coefficient (Wildman–Crippen LogP) is 4.16. The minimum Gasteiger partial charge on any atom is -0.495 e. The van der Waals surface area contributed by atoms with Gasteiger partial charge in [0.15, 0.2) is 0 Å². The highest BCUT2D eigenvalue weighted by Crippen LogP contribution is 2.28. The Balaban J connectivity index is 1.61. The third kappa shape index (κ3) is 5.29. The molecule has 4 rings (SSSR count). The van der Waals surface area contributed by atoms with E-state index in [0.29, 0.717) is 22.1 Å². The summed E-state index contributed by atoms with van der Waals surface area (Å²) < 4.78 is 18.7. The number of carbonyl (C=O) groups is 3. The Kier molecular flexibility index (Phi) is 7.47. The van der Waals surface area contributed by atoms with Crippen molar-refractivity contribution >= 4 is 58.0 Å². The van der Waals surface area contributed by atoms with Crippen LogP contribution in [0.15, 0.2) is 72.8 Å². The number of para-hydroxylation sites is 2. The van der Waals surface area contributed by atoms with Crippen LogP contribution in [0.5, 0.6) is 5.75 Å². The first-order valence-corrected chi connectivity index (χ1v) is 11.5. The van der Waals surface area contributed by atoms with Gasteiger partial charge in [-0.25, -0.2) is 9.40 Å². The van der Waals surface area contributed by atoms with E-state index < -0.39 is 29.6 Å². The molecule has 0 saturated carbocycles. The number of anilines is 2. The Morgan fingerprint density at radius 1 is 1.06 bits per heavy atom. The molecule has 3 aromatic rings. The first-order valence-electron chi connectivity index (χ1n) is 10.7. The van der Waals surface area contributed by atoms with Crippen LogP contribution in [0.25, 0.3) is 0 Å². The second-order valence-corrected chi connectivity index (χ2v) is 8.52. The molecule has 2 N–H and O–H groups in total.